The van der Waals surface area contributed by atoms with Gasteiger partial charge in [-0.15, -0.1) is 0 Å². The van der Waals surface area contributed by atoms with Crippen LogP contribution >= 0.6 is 11.6 Å². The lowest BCUT2D eigenvalue weighted by Crippen LogP contribution is -2.37. The molecule has 1 fully saturated rings. The van der Waals surface area contributed by atoms with Crippen molar-refractivity contribution in [2.45, 2.75) is 17.6 Å². The standard InChI is InChI=1S/C19H20ClF3N2O3S/c1-24(13-14-4-2-3-5-17(14)25-8-10-28-11-9-25)29(26,27)18-7-6-15(20)12-16(18)19(21,22)23/h2-7,12H,8-11,13H2,1H3. The number of sulfonamides is 1. The van der Waals surface area contributed by atoms with Gasteiger partial charge in [-0.2, -0.15) is 17.5 Å². The fraction of sp³-hybridized carbons (Fsp3) is 0.368. The summed E-state index contributed by atoms with van der Waals surface area (Å²) in [4.78, 5) is 1.25. The number of hydrogen-bond acceptors (Lipinski definition) is 4. The van der Waals surface area contributed by atoms with Crippen molar-refractivity contribution < 1.29 is 26.3 Å². The van der Waals surface area contributed by atoms with Gasteiger partial charge in [-0.3, -0.25) is 0 Å². The van der Waals surface area contributed by atoms with Crippen molar-refractivity contribution in [3.05, 3.63) is 58.6 Å². The van der Waals surface area contributed by atoms with Crippen LogP contribution in [-0.4, -0.2) is 46.1 Å². The maximum atomic E-state index is 13.4. The predicted molar refractivity (Wildman–Crippen MR) is 105 cm³/mol. The van der Waals surface area contributed by atoms with Gasteiger partial charge in [0.15, 0.2) is 0 Å². The second kappa shape index (κ2) is 8.51. The average molecular weight is 449 g/mol. The van der Waals surface area contributed by atoms with Gasteiger partial charge in [-0.05, 0) is 29.8 Å². The van der Waals surface area contributed by atoms with Gasteiger partial charge < -0.3 is 9.64 Å². The zero-order chi connectivity index (χ0) is 21.2. The lowest BCUT2D eigenvalue weighted by molar-refractivity contribution is -0.139. The monoisotopic (exact) mass is 448 g/mol. The van der Waals surface area contributed by atoms with E-state index < -0.39 is 26.7 Å². The number of rotatable bonds is 5. The van der Waals surface area contributed by atoms with Crippen LogP contribution in [0.15, 0.2) is 47.4 Å². The van der Waals surface area contributed by atoms with E-state index in [1.807, 2.05) is 12.1 Å². The Bertz CT molecular complexity index is 977. The third-order valence-electron chi connectivity index (χ3n) is 4.67. The van der Waals surface area contributed by atoms with E-state index >= 15 is 0 Å². The Morgan fingerprint density at radius 3 is 2.45 bits per heavy atom. The van der Waals surface area contributed by atoms with E-state index in [2.05, 4.69) is 4.90 Å². The molecule has 1 saturated heterocycles. The molecule has 0 saturated carbocycles. The molecule has 0 bridgehead atoms. The Morgan fingerprint density at radius 1 is 1.14 bits per heavy atom. The van der Waals surface area contributed by atoms with Crippen LogP contribution in [0.25, 0.3) is 0 Å². The first-order valence-electron chi connectivity index (χ1n) is 8.84. The van der Waals surface area contributed by atoms with E-state index in [4.69, 9.17) is 16.3 Å². The maximum Gasteiger partial charge on any atom is 0.417 e. The Balaban J connectivity index is 1.93. The smallest absolute Gasteiger partial charge is 0.378 e. The molecule has 0 aliphatic carbocycles. The van der Waals surface area contributed by atoms with Crippen LogP contribution in [-0.2, 0) is 27.5 Å². The molecule has 10 heteroatoms. The first-order chi connectivity index (χ1) is 13.6. The molecule has 2 aromatic carbocycles. The molecule has 0 amide bonds. The van der Waals surface area contributed by atoms with Gasteiger partial charge in [0.05, 0.1) is 23.7 Å². The minimum absolute atomic E-state index is 0.0736. The number of anilines is 1. The summed E-state index contributed by atoms with van der Waals surface area (Å²) in [5.74, 6) is 0. The molecule has 158 valence electrons. The molecule has 1 aliphatic rings. The van der Waals surface area contributed by atoms with Gasteiger partial charge in [0.2, 0.25) is 10.0 Å². The maximum absolute atomic E-state index is 13.4. The van der Waals surface area contributed by atoms with Gasteiger partial charge in [0.25, 0.3) is 0 Å². The summed E-state index contributed by atoms with van der Waals surface area (Å²) in [6.07, 6.45) is -4.85. The second-order valence-corrected chi connectivity index (χ2v) is 9.08. The van der Waals surface area contributed by atoms with Crippen LogP contribution in [0.3, 0.4) is 0 Å². The number of benzene rings is 2. The highest BCUT2D eigenvalue weighted by Crippen LogP contribution is 2.37. The summed E-state index contributed by atoms with van der Waals surface area (Å²) in [7, 11) is -3.14. The summed E-state index contributed by atoms with van der Waals surface area (Å²) < 4.78 is 72.4. The van der Waals surface area contributed by atoms with Gasteiger partial charge in [-0.25, -0.2) is 8.42 Å². The SMILES string of the molecule is CN(Cc1ccccc1N1CCOCC1)S(=O)(=O)c1ccc(Cl)cc1C(F)(F)F. The normalized spacial score (nSPS) is 15.7. The molecule has 5 nitrogen and oxygen atoms in total. The van der Waals surface area contributed by atoms with E-state index in [1.54, 1.807) is 12.1 Å². The summed E-state index contributed by atoms with van der Waals surface area (Å²) in [5, 5.41) is -0.184. The summed E-state index contributed by atoms with van der Waals surface area (Å²) in [6, 6.07) is 9.90. The highest BCUT2D eigenvalue weighted by molar-refractivity contribution is 7.89. The number of para-hydroxylation sites is 1. The molecule has 3 rings (SSSR count). The third kappa shape index (κ3) is 4.85. The van der Waals surface area contributed by atoms with E-state index in [-0.39, 0.29) is 11.6 Å². The molecule has 0 unspecified atom stereocenters. The molecule has 0 aromatic heterocycles. The van der Waals surface area contributed by atoms with Gasteiger partial charge >= 0.3 is 6.18 Å². The summed E-state index contributed by atoms with van der Waals surface area (Å²) in [5.41, 5.74) is 0.256. The Kier molecular flexibility index (Phi) is 6.42. The number of halogens is 4. The Labute approximate surface area is 172 Å². The van der Waals surface area contributed by atoms with E-state index in [0.29, 0.717) is 37.9 Å². The van der Waals surface area contributed by atoms with Gasteiger partial charge in [0, 0.05) is 37.4 Å². The van der Waals surface area contributed by atoms with E-state index in [0.717, 1.165) is 22.1 Å². The van der Waals surface area contributed by atoms with Crippen molar-refractivity contribution in [3.8, 4) is 0 Å². The number of morpholine rings is 1. The molecule has 1 aliphatic heterocycles. The fourth-order valence-electron chi connectivity index (χ4n) is 3.20. The molecule has 0 N–H and O–H groups in total. The number of ether oxygens (including phenoxy) is 1. The number of nitrogens with zero attached hydrogens (tertiary/aromatic N) is 2. The first-order valence-corrected chi connectivity index (χ1v) is 10.7. The lowest BCUT2D eigenvalue weighted by Gasteiger charge is -2.31. The molecule has 0 radical (unpaired) electrons. The quantitative estimate of drug-likeness (QED) is 0.693. The van der Waals surface area contributed by atoms with Crippen LogP contribution in [0.2, 0.25) is 5.02 Å². The highest BCUT2D eigenvalue weighted by Gasteiger charge is 2.38. The van der Waals surface area contributed by atoms with Crippen molar-refractivity contribution in [1.29, 1.82) is 0 Å². The minimum Gasteiger partial charge on any atom is -0.378 e. The second-order valence-electron chi connectivity index (χ2n) is 6.63. The predicted octanol–water partition coefficient (Wildman–Crippen LogP) is 4.02. The third-order valence-corrected chi connectivity index (χ3v) is 6.77. The zero-order valence-corrected chi connectivity index (χ0v) is 17.2. The van der Waals surface area contributed by atoms with Crippen LogP contribution in [0.1, 0.15) is 11.1 Å². The van der Waals surface area contributed by atoms with Gasteiger partial charge in [0.1, 0.15) is 0 Å². The van der Waals surface area contributed by atoms with Crippen LogP contribution in [0, 0.1) is 0 Å². The molecular formula is C19H20ClF3N2O3S. The molecular weight excluding hydrogens is 429 g/mol. The Hall–Kier alpha value is -1.81. The van der Waals surface area contributed by atoms with Crippen LogP contribution in [0.5, 0.6) is 0 Å². The zero-order valence-electron chi connectivity index (χ0n) is 15.6. The van der Waals surface area contributed by atoms with Crippen molar-refractivity contribution in [1.82, 2.24) is 4.31 Å². The van der Waals surface area contributed by atoms with Crippen LogP contribution < -0.4 is 4.90 Å². The molecule has 2 aromatic rings. The first kappa shape index (κ1) is 21.9. The van der Waals surface area contributed by atoms with E-state index in [9.17, 15) is 21.6 Å². The molecule has 0 spiro atoms. The van der Waals surface area contributed by atoms with E-state index in [1.165, 1.54) is 7.05 Å². The van der Waals surface area contributed by atoms with Crippen molar-refractivity contribution >= 4 is 27.3 Å². The summed E-state index contributed by atoms with van der Waals surface area (Å²) >= 11 is 5.66. The molecule has 1 heterocycles. The fourth-order valence-corrected chi connectivity index (χ4v) is 4.71. The molecule has 0 atom stereocenters. The highest BCUT2D eigenvalue weighted by atomic mass is 35.5. The van der Waals surface area contributed by atoms with Crippen molar-refractivity contribution in [2.24, 2.45) is 0 Å². The van der Waals surface area contributed by atoms with Crippen molar-refractivity contribution in [3.63, 3.8) is 0 Å². The average Bonchev–Trinajstić information content (AvgIpc) is 2.68. The van der Waals surface area contributed by atoms with Gasteiger partial charge in [-0.1, -0.05) is 29.8 Å². The summed E-state index contributed by atoms with van der Waals surface area (Å²) in [6.45, 7) is 2.35. The van der Waals surface area contributed by atoms with Crippen molar-refractivity contribution in [2.75, 3.05) is 38.3 Å². The lowest BCUT2D eigenvalue weighted by atomic mass is 10.1. The molecule has 29 heavy (non-hydrogen) atoms. The number of alkyl halides is 3. The topological polar surface area (TPSA) is 49.9 Å². The Morgan fingerprint density at radius 2 is 1.79 bits per heavy atom. The largest absolute Gasteiger partial charge is 0.417 e. The minimum atomic E-state index is -4.85. The van der Waals surface area contributed by atoms with Crippen LogP contribution in [0.4, 0.5) is 18.9 Å². The number of hydrogen-bond donors (Lipinski definition) is 0.